The molecule has 1 aliphatic carbocycles. The maximum Gasteiger partial charge on any atom is 0.416 e. The number of amides is 1. The molecule has 1 aliphatic heterocycles. The second kappa shape index (κ2) is 9.12. The summed E-state index contributed by atoms with van der Waals surface area (Å²) < 4.78 is 47.0. The quantitative estimate of drug-likeness (QED) is 0.500. The van der Waals surface area contributed by atoms with E-state index in [-0.39, 0.29) is 16.9 Å². The first-order valence-corrected chi connectivity index (χ1v) is 12.0. The number of carbonyl (C=O) groups is 1. The molecule has 0 spiro atoms. The number of hydrogen-bond acceptors (Lipinski definition) is 3. The van der Waals surface area contributed by atoms with Crippen LogP contribution < -0.4 is 0 Å². The van der Waals surface area contributed by atoms with E-state index in [1.165, 1.54) is 12.1 Å². The highest BCUT2D eigenvalue weighted by molar-refractivity contribution is 5.68. The molecule has 2 aliphatic rings. The van der Waals surface area contributed by atoms with Gasteiger partial charge in [0.25, 0.3) is 0 Å². The first-order chi connectivity index (χ1) is 15.1. The molecule has 0 N–H and O–H groups in total. The molecule has 186 valence electrons. The molecule has 0 aromatic heterocycles. The normalized spacial score (nSPS) is 20.2. The molecule has 7 heteroatoms. The Morgan fingerprint density at radius 1 is 0.939 bits per heavy atom. The SMILES string of the molecule is CC(C)(C)OC(=O)N1CCN(Cc2cc(C(F)(F)F)cc(C3(C(C)(C)C)CCCC3)c2)CC1. The lowest BCUT2D eigenvalue weighted by Gasteiger charge is -2.43. The van der Waals surface area contributed by atoms with Gasteiger partial charge in [0.15, 0.2) is 0 Å². The van der Waals surface area contributed by atoms with E-state index in [4.69, 9.17) is 4.74 Å². The van der Waals surface area contributed by atoms with Crippen molar-refractivity contribution in [2.75, 3.05) is 26.2 Å². The third kappa shape index (κ3) is 6.03. The highest BCUT2D eigenvalue weighted by atomic mass is 19.4. The highest BCUT2D eigenvalue weighted by Crippen LogP contribution is 2.53. The molecule has 1 aromatic rings. The van der Waals surface area contributed by atoms with Gasteiger partial charge in [0, 0.05) is 38.1 Å². The summed E-state index contributed by atoms with van der Waals surface area (Å²) in [4.78, 5) is 16.1. The van der Waals surface area contributed by atoms with Crippen LogP contribution in [0.2, 0.25) is 0 Å². The largest absolute Gasteiger partial charge is 0.444 e. The number of halogens is 3. The van der Waals surface area contributed by atoms with Gasteiger partial charge in [0.05, 0.1) is 5.56 Å². The van der Waals surface area contributed by atoms with Gasteiger partial charge in [-0.15, -0.1) is 0 Å². The first kappa shape index (κ1) is 25.9. The molecule has 1 saturated heterocycles. The summed E-state index contributed by atoms with van der Waals surface area (Å²) >= 11 is 0. The van der Waals surface area contributed by atoms with E-state index in [9.17, 15) is 18.0 Å². The van der Waals surface area contributed by atoms with Crippen LogP contribution in [0, 0.1) is 5.41 Å². The van der Waals surface area contributed by atoms with Crippen molar-refractivity contribution in [3.63, 3.8) is 0 Å². The minimum absolute atomic E-state index is 0.121. The Morgan fingerprint density at radius 3 is 2.00 bits per heavy atom. The van der Waals surface area contributed by atoms with Gasteiger partial charge in [-0.1, -0.05) is 39.7 Å². The summed E-state index contributed by atoms with van der Waals surface area (Å²) in [6.45, 7) is 14.6. The van der Waals surface area contributed by atoms with Crippen molar-refractivity contribution in [2.24, 2.45) is 5.41 Å². The second-order valence-corrected chi connectivity index (χ2v) is 11.7. The number of ether oxygens (including phenoxy) is 1. The summed E-state index contributed by atoms with van der Waals surface area (Å²) in [5.74, 6) is 0. The van der Waals surface area contributed by atoms with Crippen LogP contribution in [-0.2, 0) is 22.9 Å². The Labute approximate surface area is 196 Å². The van der Waals surface area contributed by atoms with Crippen LogP contribution in [0.5, 0.6) is 0 Å². The first-order valence-electron chi connectivity index (χ1n) is 12.0. The molecular weight excluding hydrogens is 429 g/mol. The number of piperazine rings is 1. The molecule has 1 amide bonds. The molecule has 1 saturated carbocycles. The number of nitrogens with zero attached hydrogens (tertiary/aromatic N) is 2. The van der Waals surface area contributed by atoms with Crippen LogP contribution in [0.25, 0.3) is 0 Å². The van der Waals surface area contributed by atoms with Gasteiger partial charge < -0.3 is 9.64 Å². The van der Waals surface area contributed by atoms with Crippen LogP contribution in [-0.4, -0.2) is 47.7 Å². The number of alkyl halides is 3. The van der Waals surface area contributed by atoms with Crippen molar-refractivity contribution >= 4 is 6.09 Å². The zero-order valence-electron chi connectivity index (χ0n) is 20.9. The van der Waals surface area contributed by atoms with E-state index in [0.717, 1.165) is 31.2 Å². The van der Waals surface area contributed by atoms with E-state index in [0.29, 0.717) is 38.3 Å². The van der Waals surface area contributed by atoms with Crippen LogP contribution in [0.3, 0.4) is 0 Å². The smallest absolute Gasteiger partial charge is 0.416 e. The average molecular weight is 469 g/mol. The van der Waals surface area contributed by atoms with Gasteiger partial charge in [-0.3, -0.25) is 4.90 Å². The van der Waals surface area contributed by atoms with Gasteiger partial charge in [0.2, 0.25) is 0 Å². The molecule has 1 heterocycles. The van der Waals surface area contributed by atoms with Crippen molar-refractivity contribution in [1.82, 2.24) is 9.80 Å². The Kier molecular flexibility index (Phi) is 7.15. The molecule has 0 unspecified atom stereocenters. The topological polar surface area (TPSA) is 32.8 Å². The zero-order chi connectivity index (χ0) is 24.7. The highest BCUT2D eigenvalue weighted by Gasteiger charge is 2.46. The van der Waals surface area contributed by atoms with E-state index in [1.807, 2.05) is 26.8 Å². The number of benzene rings is 1. The van der Waals surface area contributed by atoms with Gasteiger partial charge in [-0.2, -0.15) is 13.2 Å². The fraction of sp³-hybridized carbons (Fsp3) is 0.731. The molecule has 0 atom stereocenters. The molecule has 33 heavy (non-hydrogen) atoms. The van der Waals surface area contributed by atoms with Crippen molar-refractivity contribution in [1.29, 1.82) is 0 Å². The summed E-state index contributed by atoms with van der Waals surface area (Å²) in [6.07, 6.45) is -0.766. The van der Waals surface area contributed by atoms with Crippen LogP contribution in [0.1, 0.15) is 83.9 Å². The average Bonchev–Trinajstić information content (AvgIpc) is 3.17. The Morgan fingerprint density at radius 2 is 1.52 bits per heavy atom. The Hall–Kier alpha value is -1.76. The van der Waals surface area contributed by atoms with Crippen LogP contribution in [0.4, 0.5) is 18.0 Å². The van der Waals surface area contributed by atoms with E-state index >= 15 is 0 Å². The predicted molar refractivity (Wildman–Crippen MR) is 124 cm³/mol. The lowest BCUT2D eigenvalue weighted by molar-refractivity contribution is -0.137. The predicted octanol–water partition coefficient (Wildman–Crippen LogP) is 6.62. The van der Waals surface area contributed by atoms with Crippen LogP contribution in [0.15, 0.2) is 18.2 Å². The molecular formula is C26H39F3N2O2. The van der Waals surface area contributed by atoms with Crippen molar-refractivity contribution < 1.29 is 22.7 Å². The molecule has 2 fully saturated rings. The maximum atomic E-state index is 13.8. The van der Waals surface area contributed by atoms with Gasteiger partial charge in [-0.05, 0) is 62.3 Å². The molecule has 4 nitrogen and oxygen atoms in total. The fourth-order valence-corrected chi connectivity index (χ4v) is 5.35. The summed E-state index contributed by atoms with van der Waals surface area (Å²) in [5.41, 5.74) is 0.0534. The molecule has 1 aromatic carbocycles. The van der Waals surface area contributed by atoms with Gasteiger partial charge in [0.1, 0.15) is 5.60 Å². The third-order valence-corrected chi connectivity index (χ3v) is 7.20. The summed E-state index contributed by atoms with van der Waals surface area (Å²) in [6, 6.07) is 4.70. The summed E-state index contributed by atoms with van der Waals surface area (Å²) in [5, 5.41) is 0. The molecule has 3 rings (SSSR count). The van der Waals surface area contributed by atoms with Crippen molar-refractivity contribution in [3.05, 3.63) is 34.9 Å². The molecule has 0 bridgehead atoms. The maximum absolute atomic E-state index is 13.8. The Balaban J connectivity index is 1.80. The van der Waals surface area contributed by atoms with Gasteiger partial charge >= 0.3 is 12.3 Å². The van der Waals surface area contributed by atoms with Crippen molar-refractivity contribution in [3.8, 4) is 0 Å². The lowest BCUT2D eigenvalue weighted by atomic mass is 9.61. The lowest BCUT2D eigenvalue weighted by Crippen LogP contribution is -2.49. The van der Waals surface area contributed by atoms with Crippen LogP contribution >= 0.6 is 0 Å². The monoisotopic (exact) mass is 468 g/mol. The number of carbonyl (C=O) groups excluding carboxylic acids is 1. The van der Waals surface area contributed by atoms with E-state index in [2.05, 4.69) is 25.7 Å². The van der Waals surface area contributed by atoms with Crippen molar-refractivity contribution in [2.45, 2.75) is 91.0 Å². The minimum atomic E-state index is -4.38. The van der Waals surface area contributed by atoms with E-state index in [1.54, 1.807) is 4.90 Å². The Bertz CT molecular complexity index is 839. The zero-order valence-corrected chi connectivity index (χ0v) is 20.9. The number of rotatable bonds is 3. The third-order valence-electron chi connectivity index (χ3n) is 7.20. The van der Waals surface area contributed by atoms with E-state index < -0.39 is 17.3 Å². The summed E-state index contributed by atoms with van der Waals surface area (Å²) in [7, 11) is 0. The molecule has 0 radical (unpaired) electrons. The second-order valence-electron chi connectivity index (χ2n) is 11.7. The number of hydrogen-bond donors (Lipinski definition) is 0. The fourth-order valence-electron chi connectivity index (χ4n) is 5.35. The standard InChI is InChI=1S/C26H39F3N2O2/c1-23(2,3)25(9-7-8-10-25)20-15-19(16-21(17-20)26(27,28)29)18-30-11-13-31(14-12-30)22(32)33-24(4,5)6/h15-17H,7-14,18H2,1-6H3. The minimum Gasteiger partial charge on any atom is -0.444 e. The van der Waals surface area contributed by atoms with Gasteiger partial charge in [-0.25, -0.2) is 4.79 Å².